The lowest BCUT2D eigenvalue weighted by molar-refractivity contribution is -0.138. The van der Waals surface area contributed by atoms with Crippen molar-refractivity contribution in [2.24, 2.45) is 5.84 Å². The van der Waals surface area contributed by atoms with Crippen LogP contribution in [0.1, 0.15) is 22.7 Å². The van der Waals surface area contributed by atoms with E-state index in [1.807, 2.05) is 0 Å². The first-order valence-electron chi connectivity index (χ1n) is 4.88. The minimum atomic E-state index is -4.38. The number of hydrogen-bond acceptors (Lipinski definition) is 4. The highest BCUT2D eigenvalue weighted by Crippen LogP contribution is 2.42. The highest BCUT2D eigenvalue weighted by molar-refractivity contribution is 9.12. The second-order valence-electron chi connectivity index (χ2n) is 3.62. The molecule has 0 spiro atoms. The van der Waals surface area contributed by atoms with Crippen molar-refractivity contribution in [1.29, 1.82) is 0 Å². The van der Waals surface area contributed by atoms with Gasteiger partial charge in [-0.25, -0.2) is 5.43 Å². The molecule has 2 rings (SSSR count). The van der Waals surface area contributed by atoms with E-state index in [-0.39, 0.29) is 5.56 Å². The Morgan fingerprint density at radius 3 is 2.37 bits per heavy atom. The largest absolute Gasteiger partial charge is 0.417 e. The number of rotatable bonds is 3. The van der Waals surface area contributed by atoms with Crippen molar-refractivity contribution in [2.45, 2.75) is 12.2 Å². The molecule has 9 heteroatoms. The Balaban J connectivity index is 2.49. The molecule has 2 heterocycles. The molecule has 0 saturated heterocycles. The summed E-state index contributed by atoms with van der Waals surface area (Å²) in [5.41, 5.74) is 2.59. The summed E-state index contributed by atoms with van der Waals surface area (Å²) >= 11 is 9.02. The Morgan fingerprint density at radius 1 is 1.21 bits per heavy atom. The van der Waals surface area contributed by atoms with E-state index in [4.69, 9.17) is 5.84 Å². The van der Waals surface area contributed by atoms with Gasteiger partial charge in [0.15, 0.2) is 0 Å². The number of hydrogen-bond donors (Lipinski definition) is 2. The van der Waals surface area contributed by atoms with Crippen molar-refractivity contribution < 1.29 is 13.2 Å². The van der Waals surface area contributed by atoms with Gasteiger partial charge in [0.1, 0.15) is 0 Å². The number of alkyl halides is 3. The van der Waals surface area contributed by atoms with Crippen LogP contribution in [0, 0.1) is 0 Å². The van der Waals surface area contributed by atoms with Gasteiger partial charge in [0.05, 0.1) is 19.2 Å². The lowest BCUT2D eigenvalue weighted by atomic mass is 10.0. The Kier molecular flexibility index (Phi) is 4.74. The Morgan fingerprint density at radius 2 is 1.89 bits per heavy atom. The molecule has 1 unspecified atom stereocenters. The van der Waals surface area contributed by atoms with Crippen LogP contribution in [0.25, 0.3) is 0 Å². The van der Waals surface area contributed by atoms with Gasteiger partial charge in [-0.15, -0.1) is 11.3 Å². The third kappa shape index (κ3) is 3.22. The monoisotopic (exact) mass is 434 g/mol. The SMILES string of the molecule is NNC(c1cscc1C(F)(F)F)c1cc(Br)sc1Br. The fraction of sp³-hybridized carbons (Fsp3) is 0.200. The minimum absolute atomic E-state index is 0.131. The molecule has 2 aromatic heterocycles. The average molecular weight is 436 g/mol. The van der Waals surface area contributed by atoms with Crippen LogP contribution in [0.3, 0.4) is 0 Å². The van der Waals surface area contributed by atoms with Crippen molar-refractivity contribution in [1.82, 2.24) is 5.43 Å². The molecule has 0 aromatic carbocycles. The first-order valence-corrected chi connectivity index (χ1v) is 8.23. The van der Waals surface area contributed by atoms with Crippen LogP contribution in [0.5, 0.6) is 0 Å². The lowest BCUT2D eigenvalue weighted by Crippen LogP contribution is -2.30. The summed E-state index contributed by atoms with van der Waals surface area (Å²) in [6, 6.07) is 1.04. The van der Waals surface area contributed by atoms with Gasteiger partial charge in [-0.2, -0.15) is 24.5 Å². The molecule has 0 saturated carbocycles. The quantitative estimate of drug-likeness (QED) is 0.531. The molecule has 1 atom stereocenters. The number of nitrogens with two attached hydrogens (primary N) is 1. The second kappa shape index (κ2) is 5.82. The van der Waals surface area contributed by atoms with E-state index in [9.17, 15) is 13.2 Å². The summed E-state index contributed by atoms with van der Waals surface area (Å²) in [5, 5.41) is 2.56. The molecule has 0 aliphatic rings. The van der Waals surface area contributed by atoms with Crippen LogP contribution >= 0.6 is 54.5 Å². The van der Waals surface area contributed by atoms with Gasteiger partial charge >= 0.3 is 6.18 Å². The first kappa shape index (κ1) is 15.5. The number of halogens is 5. The molecule has 2 nitrogen and oxygen atoms in total. The zero-order valence-corrected chi connectivity index (χ0v) is 13.9. The van der Waals surface area contributed by atoms with Gasteiger partial charge in [0, 0.05) is 10.9 Å². The molecule has 19 heavy (non-hydrogen) atoms. The van der Waals surface area contributed by atoms with Gasteiger partial charge in [-0.1, -0.05) is 0 Å². The van der Waals surface area contributed by atoms with Gasteiger partial charge in [-0.05, 0) is 48.9 Å². The Hall–Kier alpha value is 0.0700. The number of hydrazine groups is 1. The molecule has 2 aromatic rings. The molecule has 104 valence electrons. The van der Waals surface area contributed by atoms with Crippen LogP contribution in [0.2, 0.25) is 0 Å². The van der Waals surface area contributed by atoms with E-state index >= 15 is 0 Å². The Bertz CT molecular complexity index is 580. The topological polar surface area (TPSA) is 38.0 Å². The standard InChI is InChI=1S/C10H7Br2F3N2S2/c11-7-1-4(9(12)19-7)8(17-16)5-2-18-3-6(5)10(13,14)15/h1-3,8,17H,16H2. The fourth-order valence-electron chi connectivity index (χ4n) is 1.66. The van der Waals surface area contributed by atoms with Crippen molar-refractivity contribution in [3.05, 3.63) is 41.1 Å². The van der Waals surface area contributed by atoms with Gasteiger partial charge in [0.2, 0.25) is 0 Å². The second-order valence-corrected chi connectivity index (χ2v) is 8.11. The van der Waals surface area contributed by atoms with E-state index in [0.29, 0.717) is 5.56 Å². The van der Waals surface area contributed by atoms with Gasteiger partial charge in [0.25, 0.3) is 0 Å². The van der Waals surface area contributed by atoms with Crippen molar-refractivity contribution in [3.8, 4) is 0 Å². The fourth-order valence-corrected chi connectivity index (χ4v) is 5.44. The maximum absolute atomic E-state index is 12.9. The van der Waals surface area contributed by atoms with E-state index < -0.39 is 17.8 Å². The minimum Gasteiger partial charge on any atom is -0.271 e. The average Bonchev–Trinajstić information content (AvgIpc) is 2.87. The number of thiophene rings is 2. The van der Waals surface area contributed by atoms with Crippen LogP contribution in [0.15, 0.2) is 24.4 Å². The molecule has 0 radical (unpaired) electrons. The predicted octanol–water partition coefficient (Wildman–Crippen LogP) is 4.91. The van der Waals surface area contributed by atoms with Crippen molar-refractivity contribution in [3.63, 3.8) is 0 Å². The third-order valence-electron chi connectivity index (χ3n) is 2.47. The molecule has 3 N–H and O–H groups in total. The van der Waals surface area contributed by atoms with Crippen LogP contribution in [-0.2, 0) is 6.18 Å². The maximum Gasteiger partial charge on any atom is 0.417 e. The smallest absolute Gasteiger partial charge is 0.271 e. The predicted molar refractivity (Wildman–Crippen MR) is 78.2 cm³/mol. The molecule has 0 aliphatic carbocycles. The molecule has 0 aliphatic heterocycles. The molecule has 0 fully saturated rings. The van der Waals surface area contributed by atoms with E-state index in [0.717, 1.165) is 24.3 Å². The van der Waals surface area contributed by atoms with E-state index in [2.05, 4.69) is 37.3 Å². The zero-order chi connectivity index (χ0) is 14.2. The van der Waals surface area contributed by atoms with Crippen molar-refractivity contribution >= 4 is 54.5 Å². The summed E-state index contributed by atoms with van der Waals surface area (Å²) in [6.07, 6.45) is -4.38. The van der Waals surface area contributed by atoms with Gasteiger partial charge in [-0.3, -0.25) is 5.84 Å². The lowest BCUT2D eigenvalue weighted by Gasteiger charge is -2.17. The highest BCUT2D eigenvalue weighted by atomic mass is 79.9. The molecular formula is C10H7Br2F3N2S2. The summed E-state index contributed by atoms with van der Waals surface area (Å²) in [6.45, 7) is 0. The van der Waals surface area contributed by atoms with Crippen LogP contribution in [-0.4, -0.2) is 0 Å². The molecule has 0 bridgehead atoms. The van der Waals surface area contributed by atoms with Crippen LogP contribution < -0.4 is 11.3 Å². The highest BCUT2D eigenvalue weighted by Gasteiger charge is 2.36. The summed E-state index contributed by atoms with van der Waals surface area (Å²) in [4.78, 5) is 0. The number of nitrogens with one attached hydrogen (secondary N) is 1. The molecule has 0 amide bonds. The zero-order valence-electron chi connectivity index (χ0n) is 9.09. The van der Waals surface area contributed by atoms with E-state index in [1.54, 1.807) is 6.07 Å². The third-order valence-corrected chi connectivity index (χ3v) is 5.62. The summed E-state index contributed by atoms with van der Waals surface area (Å²) in [5.74, 6) is 5.44. The Labute approximate surface area is 132 Å². The molecular weight excluding hydrogens is 429 g/mol. The van der Waals surface area contributed by atoms with E-state index in [1.165, 1.54) is 16.7 Å². The van der Waals surface area contributed by atoms with Crippen LogP contribution in [0.4, 0.5) is 13.2 Å². The normalized spacial score (nSPS) is 13.8. The van der Waals surface area contributed by atoms with Crippen molar-refractivity contribution in [2.75, 3.05) is 0 Å². The van der Waals surface area contributed by atoms with Gasteiger partial charge < -0.3 is 0 Å². The first-order chi connectivity index (χ1) is 8.84. The summed E-state index contributed by atoms with van der Waals surface area (Å²) < 4.78 is 40.3. The maximum atomic E-state index is 12.9. The summed E-state index contributed by atoms with van der Waals surface area (Å²) in [7, 11) is 0.